The zero-order chi connectivity index (χ0) is 19.0. The molecule has 0 heterocycles. The molecule has 2 aromatic rings. The van der Waals surface area contributed by atoms with Gasteiger partial charge in [0.2, 0.25) is 0 Å². The van der Waals surface area contributed by atoms with Crippen molar-refractivity contribution in [3.8, 4) is 0 Å². The highest BCUT2D eigenvalue weighted by atomic mass is 32.2. The van der Waals surface area contributed by atoms with E-state index in [4.69, 9.17) is 0 Å². The van der Waals surface area contributed by atoms with Crippen molar-refractivity contribution in [1.29, 1.82) is 0 Å². The van der Waals surface area contributed by atoms with Crippen LogP contribution in [0.2, 0.25) is 0 Å². The summed E-state index contributed by atoms with van der Waals surface area (Å²) in [6.45, 7) is 3.86. The summed E-state index contributed by atoms with van der Waals surface area (Å²) in [5.74, 6) is 0. The average molecular weight is 387 g/mol. The van der Waals surface area contributed by atoms with Crippen molar-refractivity contribution in [3.63, 3.8) is 0 Å². The van der Waals surface area contributed by atoms with Crippen LogP contribution in [0.25, 0.3) is 0 Å². The third-order valence-corrected chi connectivity index (χ3v) is 7.26. The Morgan fingerprint density at radius 3 is 2.31 bits per heavy atom. The zero-order valence-corrected chi connectivity index (χ0v) is 17.2. The molecule has 26 heavy (non-hydrogen) atoms. The molecule has 0 radical (unpaired) electrons. The topological polar surface area (TPSA) is 34.1 Å². The SMILES string of the molecule is CCC(/C=C/C=C(/Cc1ccccc1)SC)S(=O)(=O)c1ccc(C)cc1. The smallest absolute Gasteiger partial charge is 0.184 e. The van der Waals surface area contributed by atoms with Gasteiger partial charge in [0.25, 0.3) is 0 Å². The molecular weight excluding hydrogens is 360 g/mol. The van der Waals surface area contributed by atoms with E-state index in [-0.39, 0.29) is 0 Å². The Balaban J connectivity index is 2.15. The molecule has 0 saturated heterocycles. The molecule has 2 nitrogen and oxygen atoms in total. The standard InChI is InChI=1S/C22H26O2S2/c1-4-21(26(23,24)22-15-13-18(2)14-16-22)12-8-11-20(25-3)17-19-9-6-5-7-10-19/h5-16,21H,4,17H2,1-3H3/b12-8+,20-11-. The van der Waals surface area contributed by atoms with E-state index in [1.807, 2.05) is 62.6 Å². The van der Waals surface area contributed by atoms with Crippen LogP contribution in [-0.4, -0.2) is 19.9 Å². The third-order valence-electron chi connectivity index (χ3n) is 4.24. The van der Waals surface area contributed by atoms with Gasteiger partial charge in [-0.2, -0.15) is 0 Å². The van der Waals surface area contributed by atoms with Gasteiger partial charge >= 0.3 is 0 Å². The second kappa shape index (κ2) is 9.79. The molecular formula is C22H26O2S2. The molecule has 0 saturated carbocycles. The average Bonchev–Trinajstić information content (AvgIpc) is 2.65. The third kappa shape index (κ3) is 5.61. The molecule has 0 aliphatic heterocycles. The predicted octanol–water partition coefficient (Wildman–Crippen LogP) is 5.59. The monoisotopic (exact) mass is 386 g/mol. The van der Waals surface area contributed by atoms with Gasteiger partial charge in [0, 0.05) is 6.42 Å². The van der Waals surface area contributed by atoms with Crippen molar-refractivity contribution < 1.29 is 8.42 Å². The molecule has 0 aliphatic rings. The van der Waals surface area contributed by atoms with E-state index >= 15 is 0 Å². The van der Waals surface area contributed by atoms with Gasteiger partial charge in [0.05, 0.1) is 10.1 Å². The molecule has 0 fully saturated rings. The molecule has 1 atom stereocenters. The van der Waals surface area contributed by atoms with Gasteiger partial charge in [0.15, 0.2) is 9.84 Å². The molecule has 0 amide bonds. The van der Waals surface area contributed by atoms with Crippen LogP contribution in [0.4, 0.5) is 0 Å². The summed E-state index contributed by atoms with van der Waals surface area (Å²) < 4.78 is 25.7. The Kier molecular flexibility index (Phi) is 7.73. The van der Waals surface area contributed by atoms with Gasteiger partial charge in [-0.3, -0.25) is 0 Å². The second-order valence-corrected chi connectivity index (χ2v) is 9.29. The quantitative estimate of drug-likeness (QED) is 0.554. The highest BCUT2D eigenvalue weighted by molar-refractivity contribution is 8.02. The first-order valence-electron chi connectivity index (χ1n) is 8.73. The molecule has 2 aromatic carbocycles. The van der Waals surface area contributed by atoms with Crippen molar-refractivity contribution in [2.75, 3.05) is 6.26 Å². The summed E-state index contributed by atoms with van der Waals surface area (Å²) in [7, 11) is -3.35. The summed E-state index contributed by atoms with van der Waals surface area (Å²) in [4.78, 5) is 1.59. The highest BCUT2D eigenvalue weighted by Gasteiger charge is 2.23. The second-order valence-electron chi connectivity index (χ2n) is 6.19. The van der Waals surface area contributed by atoms with Gasteiger partial charge in [-0.15, -0.1) is 11.8 Å². The molecule has 0 aromatic heterocycles. The van der Waals surface area contributed by atoms with E-state index in [1.54, 1.807) is 30.0 Å². The largest absolute Gasteiger partial charge is 0.223 e. The molecule has 4 heteroatoms. The molecule has 0 spiro atoms. The fourth-order valence-electron chi connectivity index (χ4n) is 2.64. The van der Waals surface area contributed by atoms with Crippen molar-refractivity contribution >= 4 is 21.6 Å². The Labute approximate surface area is 162 Å². The van der Waals surface area contributed by atoms with E-state index in [0.29, 0.717) is 11.3 Å². The first kappa shape index (κ1) is 20.5. The zero-order valence-electron chi connectivity index (χ0n) is 15.6. The number of allylic oxidation sites excluding steroid dienone is 3. The van der Waals surface area contributed by atoms with Gasteiger partial charge in [-0.25, -0.2) is 8.42 Å². The van der Waals surface area contributed by atoms with Crippen LogP contribution in [0.1, 0.15) is 24.5 Å². The van der Waals surface area contributed by atoms with Crippen molar-refractivity contribution in [1.82, 2.24) is 0 Å². The van der Waals surface area contributed by atoms with E-state index in [2.05, 4.69) is 12.1 Å². The van der Waals surface area contributed by atoms with Crippen LogP contribution >= 0.6 is 11.8 Å². The number of sulfone groups is 1. The number of benzene rings is 2. The molecule has 1 unspecified atom stereocenters. The first-order chi connectivity index (χ1) is 12.5. The summed E-state index contributed by atoms with van der Waals surface area (Å²) in [6, 6.07) is 17.3. The van der Waals surface area contributed by atoms with Gasteiger partial charge < -0.3 is 0 Å². The van der Waals surface area contributed by atoms with Crippen molar-refractivity contribution in [3.05, 3.63) is 88.9 Å². The van der Waals surface area contributed by atoms with Crippen LogP contribution in [-0.2, 0) is 16.3 Å². The molecule has 138 valence electrons. The van der Waals surface area contributed by atoms with Crippen LogP contribution in [0.3, 0.4) is 0 Å². The Bertz CT molecular complexity index is 849. The van der Waals surface area contributed by atoms with Crippen LogP contribution in [0, 0.1) is 6.92 Å². The number of hydrogen-bond donors (Lipinski definition) is 0. The maximum atomic E-state index is 12.8. The van der Waals surface area contributed by atoms with Crippen LogP contribution < -0.4 is 0 Å². The lowest BCUT2D eigenvalue weighted by Gasteiger charge is -2.12. The summed E-state index contributed by atoms with van der Waals surface area (Å²) in [5.41, 5.74) is 2.31. The summed E-state index contributed by atoms with van der Waals surface area (Å²) in [5, 5.41) is -0.513. The van der Waals surface area contributed by atoms with E-state index in [9.17, 15) is 8.42 Å². The lowest BCUT2D eigenvalue weighted by molar-refractivity contribution is 0.586. The summed E-state index contributed by atoms with van der Waals surface area (Å²) >= 11 is 1.69. The molecule has 0 N–H and O–H groups in total. The fourth-order valence-corrected chi connectivity index (χ4v) is 4.77. The Morgan fingerprint density at radius 2 is 1.73 bits per heavy atom. The first-order valence-corrected chi connectivity index (χ1v) is 11.5. The lowest BCUT2D eigenvalue weighted by Crippen LogP contribution is -2.18. The van der Waals surface area contributed by atoms with E-state index < -0.39 is 15.1 Å². The maximum Gasteiger partial charge on any atom is 0.184 e. The summed E-state index contributed by atoms with van der Waals surface area (Å²) in [6.07, 6.45) is 9.15. The minimum atomic E-state index is -3.35. The van der Waals surface area contributed by atoms with Crippen molar-refractivity contribution in [2.45, 2.75) is 36.8 Å². The van der Waals surface area contributed by atoms with E-state index in [1.165, 1.54) is 10.5 Å². The Morgan fingerprint density at radius 1 is 1.08 bits per heavy atom. The number of thioether (sulfide) groups is 1. The predicted molar refractivity (Wildman–Crippen MR) is 113 cm³/mol. The normalized spacial score (nSPS) is 13.9. The van der Waals surface area contributed by atoms with Gasteiger partial charge in [0.1, 0.15) is 0 Å². The number of hydrogen-bond acceptors (Lipinski definition) is 3. The molecule has 0 aliphatic carbocycles. The Hall–Kier alpha value is -1.78. The van der Waals surface area contributed by atoms with Gasteiger partial charge in [-0.1, -0.05) is 73.2 Å². The van der Waals surface area contributed by atoms with Gasteiger partial charge in [-0.05, 0) is 42.2 Å². The minimum Gasteiger partial charge on any atom is -0.223 e. The fraction of sp³-hybridized carbons (Fsp3) is 0.273. The van der Waals surface area contributed by atoms with E-state index in [0.717, 1.165) is 12.0 Å². The number of rotatable bonds is 8. The van der Waals surface area contributed by atoms with Crippen LogP contribution in [0.15, 0.2) is 82.6 Å². The highest BCUT2D eigenvalue weighted by Crippen LogP contribution is 2.21. The lowest BCUT2D eigenvalue weighted by atomic mass is 10.1. The maximum absolute atomic E-state index is 12.8. The van der Waals surface area contributed by atoms with Crippen LogP contribution in [0.5, 0.6) is 0 Å². The molecule has 2 rings (SSSR count). The number of aryl methyl sites for hydroxylation is 1. The minimum absolute atomic E-state index is 0.387. The molecule has 0 bridgehead atoms. The van der Waals surface area contributed by atoms with Crippen molar-refractivity contribution in [2.24, 2.45) is 0 Å².